The molecule has 3 nitrogen and oxygen atoms in total. The van der Waals surface area contributed by atoms with Gasteiger partial charge in [0, 0.05) is 0 Å². The van der Waals surface area contributed by atoms with Gasteiger partial charge in [0.05, 0.1) is 12.1 Å². The van der Waals surface area contributed by atoms with Crippen molar-refractivity contribution in [1.82, 2.24) is 5.32 Å². The molecule has 1 saturated carbocycles. The van der Waals surface area contributed by atoms with Gasteiger partial charge < -0.3 is 10.4 Å². The molecule has 1 aromatic rings. The Morgan fingerprint density at radius 1 is 1.29 bits per heavy atom. The Morgan fingerprint density at radius 3 is 2.29 bits per heavy atom. The summed E-state index contributed by atoms with van der Waals surface area (Å²) in [6, 6.07) is 5.91. The molecule has 0 heterocycles. The number of aliphatic hydroxyl groups excluding tert-OH is 1. The van der Waals surface area contributed by atoms with E-state index in [1.807, 2.05) is 5.32 Å². The van der Waals surface area contributed by atoms with E-state index >= 15 is 0 Å². The van der Waals surface area contributed by atoms with Crippen LogP contribution in [0.1, 0.15) is 49.5 Å². The van der Waals surface area contributed by atoms with Gasteiger partial charge in [-0.25, -0.2) is 0 Å². The summed E-state index contributed by atoms with van der Waals surface area (Å²) in [6.45, 7) is 1.49. The van der Waals surface area contributed by atoms with Crippen molar-refractivity contribution in [2.24, 2.45) is 5.92 Å². The summed E-state index contributed by atoms with van der Waals surface area (Å²) < 4.78 is 36.5. The fourth-order valence-corrected chi connectivity index (χ4v) is 2.17. The molecule has 2 N–H and O–H groups in total. The number of carbonyl (C=O) groups is 1. The van der Waals surface area contributed by atoms with E-state index in [9.17, 15) is 23.1 Å². The summed E-state index contributed by atoms with van der Waals surface area (Å²) in [7, 11) is 0. The van der Waals surface area contributed by atoms with E-state index in [-0.39, 0.29) is 0 Å². The molecule has 0 radical (unpaired) electrons. The lowest BCUT2D eigenvalue weighted by molar-refractivity contribution is -0.174. The molecular weight excluding hydrogens is 283 g/mol. The molecule has 0 spiro atoms. The maximum atomic E-state index is 12.2. The lowest BCUT2D eigenvalue weighted by Gasteiger charge is -2.17. The molecular formula is C15H18F3NO2. The molecule has 1 fully saturated rings. The van der Waals surface area contributed by atoms with Crippen molar-refractivity contribution in [3.63, 3.8) is 0 Å². The largest absolute Gasteiger partial charge is 0.471 e. The summed E-state index contributed by atoms with van der Waals surface area (Å²) in [4.78, 5) is 10.9. The topological polar surface area (TPSA) is 49.3 Å². The van der Waals surface area contributed by atoms with Crippen LogP contribution in [0.5, 0.6) is 0 Å². The lowest BCUT2D eigenvalue weighted by atomic mass is 10.0. The Hall–Kier alpha value is -1.56. The number of carbonyl (C=O) groups excluding carboxylic acids is 1. The van der Waals surface area contributed by atoms with Crippen molar-refractivity contribution in [2.75, 3.05) is 0 Å². The zero-order valence-electron chi connectivity index (χ0n) is 11.7. The summed E-state index contributed by atoms with van der Waals surface area (Å²) in [5.41, 5.74) is 1.31. The van der Waals surface area contributed by atoms with Gasteiger partial charge in [0.1, 0.15) is 0 Å². The van der Waals surface area contributed by atoms with E-state index in [0.717, 1.165) is 24.8 Å². The Kier molecular flexibility index (Phi) is 4.56. The minimum Gasteiger partial charge on any atom is -0.388 e. The van der Waals surface area contributed by atoms with E-state index in [1.54, 1.807) is 24.3 Å². The van der Waals surface area contributed by atoms with Crippen molar-refractivity contribution in [3.8, 4) is 0 Å². The van der Waals surface area contributed by atoms with E-state index in [0.29, 0.717) is 11.5 Å². The van der Waals surface area contributed by atoms with Crippen LogP contribution < -0.4 is 5.32 Å². The third-order valence-electron chi connectivity index (χ3n) is 3.68. The number of nitrogens with one attached hydrogen (secondary N) is 1. The van der Waals surface area contributed by atoms with Crippen molar-refractivity contribution in [3.05, 3.63) is 35.4 Å². The summed E-state index contributed by atoms with van der Waals surface area (Å²) in [6.07, 6.45) is -2.40. The number of aliphatic hydroxyl groups is 1. The fourth-order valence-electron chi connectivity index (χ4n) is 2.17. The molecule has 0 saturated heterocycles. The molecule has 116 valence electrons. The average Bonchev–Trinajstić information content (AvgIpc) is 3.21. The van der Waals surface area contributed by atoms with Gasteiger partial charge >= 0.3 is 12.1 Å². The van der Waals surface area contributed by atoms with Crippen molar-refractivity contribution in [1.29, 1.82) is 0 Å². The van der Waals surface area contributed by atoms with Gasteiger partial charge in [0.2, 0.25) is 0 Å². The standard InChI is InChI=1S/C15H18F3NO2/c1-9(19-14(21)15(16,17)18)11-4-6-12(7-5-11)13(20)8-10-2-3-10/h4-7,9-10,13,20H,2-3,8H2,1H3,(H,19,21)/t9-,13-/m0/s1. The molecule has 1 amide bonds. The first-order valence-corrected chi connectivity index (χ1v) is 6.93. The van der Waals surface area contributed by atoms with Crippen LogP contribution in [-0.2, 0) is 4.79 Å². The monoisotopic (exact) mass is 301 g/mol. The molecule has 2 atom stereocenters. The first kappa shape index (κ1) is 15.8. The lowest BCUT2D eigenvalue weighted by Crippen LogP contribution is -2.38. The molecule has 0 bridgehead atoms. The van der Waals surface area contributed by atoms with Crippen LogP contribution in [0.25, 0.3) is 0 Å². The van der Waals surface area contributed by atoms with Gasteiger partial charge in [-0.2, -0.15) is 13.2 Å². The van der Waals surface area contributed by atoms with Crippen LogP contribution in [0.3, 0.4) is 0 Å². The van der Waals surface area contributed by atoms with Crippen LogP contribution in [0.15, 0.2) is 24.3 Å². The Balaban J connectivity index is 1.95. The van der Waals surface area contributed by atoms with E-state index in [4.69, 9.17) is 0 Å². The molecule has 0 aliphatic heterocycles. The predicted molar refractivity (Wildman–Crippen MR) is 71.4 cm³/mol. The number of rotatable bonds is 5. The molecule has 21 heavy (non-hydrogen) atoms. The maximum Gasteiger partial charge on any atom is 0.471 e. The normalized spacial score (nSPS) is 18.1. The molecule has 1 aliphatic rings. The van der Waals surface area contributed by atoms with Crippen molar-refractivity contribution >= 4 is 5.91 Å². The number of hydrogen-bond donors (Lipinski definition) is 2. The molecule has 1 aliphatic carbocycles. The zero-order valence-corrected chi connectivity index (χ0v) is 11.7. The zero-order chi connectivity index (χ0) is 15.6. The van der Waals surface area contributed by atoms with Crippen molar-refractivity contribution in [2.45, 2.75) is 44.5 Å². The Morgan fingerprint density at radius 2 is 1.81 bits per heavy atom. The minimum absolute atomic E-state index is 0.536. The predicted octanol–water partition coefficient (Wildman–Crippen LogP) is 3.26. The van der Waals surface area contributed by atoms with Gasteiger partial charge in [0.25, 0.3) is 0 Å². The van der Waals surface area contributed by atoms with Crippen LogP contribution in [-0.4, -0.2) is 17.2 Å². The van der Waals surface area contributed by atoms with Crippen LogP contribution in [0, 0.1) is 5.92 Å². The van der Waals surface area contributed by atoms with Crippen LogP contribution in [0.4, 0.5) is 13.2 Å². The molecule has 0 unspecified atom stereocenters. The van der Waals surface area contributed by atoms with E-state index < -0.39 is 24.2 Å². The smallest absolute Gasteiger partial charge is 0.388 e. The second-order valence-corrected chi connectivity index (χ2v) is 5.55. The van der Waals surface area contributed by atoms with E-state index in [1.165, 1.54) is 6.92 Å². The first-order chi connectivity index (χ1) is 9.77. The molecule has 6 heteroatoms. The highest BCUT2D eigenvalue weighted by Crippen LogP contribution is 2.37. The number of benzene rings is 1. The second-order valence-electron chi connectivity index (χ2n) is 5.55. The summed E-state index contributed by atoms with van der Waals surface area (Å²) in [5.74, 6) is -1.36. The fraction of sp³-hybridized carbons (Fsp3) is 0.533. The summed E-state index contributed by atoms with van der Waals surface area (Å²) >= 11 is 0. The third-order valence-corrected chi connectivity index (χ3v) is 3.68. The first-order valence-electron chi connectivity index (χ1n) is 6.93. The molecule has 0 aromatic heterocycles. The van der Waals surface area contributed by atoms with Gasteiger partial charge in [-0.05, 0) is 30.4 Å². The van der Waals surface area contributed by atoms with Gasteiger partial charge in [0.15, 0.2) is 0 Å². The maximum absolute atomic E-state index is 12.2. The quantitative estimate of drug-likeness (QED) is 0.877. The SMILES string of the molecule is C[C@H](NC(=O)C(F)(F)F)c1ccc([C@@H](O)CC2CC2)cc1. The minimum atomic E-state index is -4.88. The number of amides is 1. The molecule has 2 rings (SSSR count). The van der Waals surface area contributed by atoms with Gasteiger partial charge in [-0.3, -0.25) is 4.79 Å². The van der Waals surface area contributed by atoms with Gasteiger partial charge in [-0.1, -0.05) is 37.1 Å². The third kappa shape index (κ3) is 4.46. The van der Waals surface area contributed by atoms with Crippen LogP contribution in [0.2, 0.25) is 0 Å². The average molecular weight is 301 g/mol. The molecule has 1 aromatic carbocycles. The number of alkyl halides is 3. The summed E-state index contributed by atoms with van der Waals surface area (Å²) in [5, 5.41) is 11.9. The van der Waals surface area contributed by atoms with Crippen LogP contribution >= 0.6 is 0 Å². The van der Waals surface area contributed by atoms with Crippen molar-refractivity contribution < 1.29 is 23.1 Å². The second kappa shape index (κ2) is 6.05. The van der Waals surface area contributed by atoms with Gasteiger partial charge in [-0.15, -0.1) is 0 Å². The Bertz CT molecular complexity index is 495. The highest BCUT2D eigenvalue weighted by molar-refractivity contribution is 5.82. The highest BCUT2D eigenvalue weighted by atomic mass is 19.4. The highest BCUT2D eigenvalue weighted by Gasteiger charge is 2.39. The Labute approximate surface area is 121 Å². The number of halogens is 3. The van der Waals surface area contributed by atoms with E-state index in [2.05, 4.69) is 0 Å². The number of hydrogen-bond acceptors (Lipinski definition) is 2.